The van der Waals surface area contributed by atoms with Gasteiger partial charge in [0, 0.05) is 11.4 Å². The summed E-state index contributed by atoms with van der Waals surface area (Å²) in [6, 6.07) is 1.61. The zero-order valence-electron chi connectivity index (χ0n) is 9.88. The highest BCUT2D eigenvalue weighted by Crippen LogP contribution is 2.22. The molecule has 19 heavy (non-hydrogen) atoms. The molecule has 0 aromatic carbocycles. The predicted molar refractivity (Wildman–Crippen MR) is 69.9 cm³/mol. The molecular formula is C10H11N5O3S. The minimum atomic E-state index is -0.343. The van der Waals surface area contributed by atoms with E-state index in [1.54, 1.807) is 11.4 Å². The average molecular weight is 281 g/mol. The summed E-state index contributed by atoms with van der Waals surface area (Å²) >= 11 is 1.24. The third kappa shape index (κ3) is 2.65. The molecule has 8 nitrogen and oxygen atoms in total. The Kier molecular flexibility index (Phi) is 3.66. The third-order valence-electron chi connectivity index (χ3n) is 2.30. The highest BCUT2D eigenvalue weighted by molar-refractivity contribution is 7.12. The smallest absolute Gasteiger partial charge is 0.267 e. The van der Waals surface area contributed by atoms with Crippen molar-refractivity contribution in [1.29, 1.82) is 0 Å². The Morgan fingerprint density at radius 2 is 2.47 bits per heavy atom. The van der Waals surface area contributed by atoms with E-state index in [1.165, 1.54) is 24.6 Å². The van der Waals surface area contributed by atoms with Crippen LogP contribution in [-0.2, 0) is 0 Å². The second kappa shape index (κ2) is 5.40. The second-order valence-electron chi connectivity index (χ2n) is 3.45. The Morgan fingerprint density at radius 1 is 1.68 bits per heavy atom. The number of methoxy groups -OCH3 is 1. The first-order valence-electron chi connectivity index (χ1n) is 5.11. The van der Waals surface area contributed by atoms with Gasteiger partial charge in [-0.2, -0.15) is 5.10 Å². The van der Waals surface area contributed by atoms with E-state index in [2.05, 4.69) is 20.7 Å². The summed E-state index contributed by atoms with van der Waals surface area (Å²) < 4.78 is 5.00. The van der Waals surface area contributed by atoms with Gasteiger partial charge in [-0.3, -0.25) is 9.89 Å². The van der Waals surface area contributed by atoms with Crippen LogP contribution in [-0.4, -0.2) is 34.3 Å². The summed E-state index contributed by atoms with van der Waals surface area (Å²) in [7, 11) is 1.52. The summed E-state index contributed by atoms with van der Waals surface area (Å²) in [5.41, 5.74) is 5.76. The van der Waals surface area contributed by atoms with Crippen molar-refractivity contribution in [2.45, 2.75) is 0 Å². The maximum atomic E-state index is 12.0. The molecule has 1 amide bonds. The Balaban J connectivity index is 2.17. The van der Waals surface area contributed by atoms with Gasteiger partial charge in [-0.25, -0.2) is 0 Å². The number of amides is 1. The Hall–Kier alpha value is -2.55. The van der Waals surface area contributed by atoms with Crippen LogP contribution in [0, 0.1) is 0 Å². The summed E-state index contributed by atoms with van der Waals surface area (Å²) in [6.45, 7) is 0. The van der Waals surface area contributed by atoms with Gasteiger partial charge in [0.05, 0.1) is 23.7 Å². The lowest BCUT2D eigenvalue weighted by Gasteiger charge is -2.02. The number of hydrogen-bond acceptors (Lipinski definition) is 6. The van der Waals surface area contributed by atoms with Gasteiger partial charge in [0.1, 0.15) is 11.6 Å². The van der Waals surface area contributed by atoms with Gasteiger partial charge < -0.3 is 21.0 Å². The van der Waals surface area contributed by atoms with E-state index in [0.717, 1.165) is 0 Å². The van der Waals surface area contributed by atoms with E-state index >= 15 is 0 Å². The Labute approximate surface area is 111 Å². The first kappa shape index (κ1) is 12.9. The fourth-order valence-electron chi connectivity index (χ4n) is 1.35. The molecule has 0 saturated heterocycles. The van der Waals surface area contributed by atoms with Crippen molar-refractivity contribution in [3.63, 3.8) is 0 Å². The van der Waals surface area contributed by atoms with E-state index in [-0.39, 0.29) is 17.6 Å². The normalized spacial score (nSPS) is 11.3. The zero-order chi connectivity index (χ0) is 13.8. The lowest BCUT2D eigenvalue weighted by atomic mass is 10.3. The molecule has 0 unspecified atom stereocenters. The first-order chi connectivity index (χ1) is 9.15. The number of aromatic nitrogens is 2. The number of aromatic amines is 1. The topological polar surface area (TPSA) is 126 Å². The van der Waals surface area contributed by atoms with Gasteiger partial charge >= 0.3 is 0 Å². The molecular weight excluding hydrogens is 270 g/mol. The van der Waals surface area contributed by atoms with E-state index < -0.39 is 0 Å². The average Bonchev–Trinajstić information content (AvgIpc) is 3.06. The quantitative estimate of drug-likeness (QED) is 0.286. The van der Waals surface area contributed by atoms with E-state index in [4.69, 9.17) is 15.7 Å². The number of thiophene rings is 1. The van der Waals surface area contributed by atoms with Gasteiger partial charge in [-0.15, -0.1) is 11.3 Å². The van der Waals surface area contributed by atoms with Crippen LogP contribution in [0.25, 0.3) is 0 Å². The van der Waals surface area contributed by atoms with Crippen molar-refractivity contribution < 1.29 is 14.7 Å². The van der Waals surface area contributed by atoms with Gasteiger partial charge in [0.15, 0.2) is 5.84 Å². The van der Waals surface area contributed by atoms with Crippen LogP contribution in [0.4, 0.5) is 5.82 Å². The molecule has 0 bridgehead atoms. The van der Waals surface area contributed by atoms with Gasteiger partial charge in [0.25, 0.3) is 5.91 Å². The van der Waals surface area contributed by atoms with Crippen LogP contribution < -0.4 is 15.8 Å². The van der Waals surface area contributed by atoms with E-state index in [1.807, 2.05) is 0 Å². The molecule has 2 aromatic rings. The Bertz CT molecular complexity index is 618. The summed E-state index contributed by atoms with van der Waals surface area (Å²) in [5, 5.41) is 22.1. The van der Waals surface area contributed by atoms with Crippen molar-refractivity contribution in [2.75, 3.05) is 12.4 Å². The highest BCUT2D eigenvalue weighted by Gasteiger charge is 2.15. The fourth-order valence-corrected chi connectivity index (χ4v) is 2.10. The third-order valence-corrected chi connectivity index (χ3v) is 3.20. The van der Waals surface area contributed by atoms with E-state index in [0.29, 0.717) is 16.2 Å². The standard InChI is InChI=1S/C10H11N5O3S/c1-18-5-2-7(19-4-5)10(16)13-9-6(3-12-14-9)8(11)15-17/h2-4,17H,1H3,(H2,11,15)(H2,12,13,14,16). The van der Waals surface area contributed by atoms with Crippen molar-refractivity contribution in [3.05, 3.63) is 28.1 Å². The molecule has 0 spiro atoms. The molecule has 2 rings (SSSR count). The van der Waals surface area contributed by atoms with Gasteiger partial charge in [-0.05, 0) is 0 Å². The maximum absolute atomic E-state index is 12.0. The number of ether oxygens (including phenoxy) is 1. The van der Waals surface area contributed by atoms with Crippen molar-refractivity contribution >= 4 is 28.9 Å². The maximum Gasteiger partial charge on any atom is 0.267 e. The van der Waals surface area contributed by atoms with Crippen molar-refractivity contribution in [2.24, 2.45) is 10.9 Å². The Morgan fingerprint density at radius 3 is 3.11 bits per heavy atom. The number of oxime groups is 1. The van der Waals surface area contributed by atoms with Crippen molar-refractivity contribution in [1.82, 2.24) is 10.2 Å². The summed E-state index contributed by atoms with van der Waals surface area (Å²) in [5.74, 6) is 0.376. The van der Waals surface area contributed by atoms with Crippen LogP contribution in [0.2, 0.25) is 0 Å². The first-order valence-corrected chi connectivity index (χ1v) is 5.98. The SMILES string of the molecule is COc1csc(C(=O)Nc2[nH]ncc2C(N)=NO)c1. The number of nitrogens with two attached hydrogens (primary N) is 1. The minimum Gasteiger partial charge on any atom is -0.496 e. The van der Waals surface area contributed by atoms with Crippen molar-refractivity contribution in [3.8, 4) is 5.75 Å². The monoisotopic (exact) mass is 281 g/mol. The zero-order valence-corrected chi connectivity index (χ0v) is 10.7. The van der Waals surface area contributed by atoms with Crippen LogP contribution >= 0.6 is 11.3 Å². The number of rotatable bonds is 4. The minimum absolute atomic E-state index is 0.146. The van der Waals surface area contributed by atoms with Gasteiger partial charge in [0.2, 0.25) is 0 Å². The highest BCUT2D eigenvalue weighted by atomic mass is 32.1. The second-order valence-corrected chi connectivity index (χ2v) is 4.36. The molecule has 0 aliphatic rings. The number of carbonyl (C=O) groups is 1. The van der Waals surface area contributed by atoms with Crippen LogP contribution in [0.15, 0.2) is 22.8 Å². The molecule has 0 radical (unpaired) electrons. The van der Waals surface area contributed by atoms with Gasteiger partial charge in [-0.1, -0.05) is 5.16 Å². The lowest BCUT2D eigenvalue weighted by molar-refractivity contribution is 0.103. The molecule has 0 fully saturated rings. The molecule has 9 heteroatoms. The number of anilines is 1. The molecule has 5 N–H and O–H groups in total. The van der Waals surface area contributed by atoms with E-state index in [9.17, 15) is 4.79 Å². The number of nitrogens with zero attached hydrogens (tertiary/aromatic N) is 2. The predicted octanol–water partition coefficient (Wildman–Crippen LogP) is 0.827. The van der Waals surface area contributed by atoms with Crippen LogP contribution in [0.5, 0.6) is 5.75 Å². The molecule has 2 aromatic heterocycles. The number of hydrogen-bond donors (Lipinski definition) is 4. The molecule has 0 aliphatic carbocycles. The largest absolute Gasteiger partial charge is 0.496 e. The molecule has 0 saturated carbocycles. The lowest BCUT2D eigenvalue weighted by Crippen LogP contribution is -2.17. The number of amidine groups is 1. The van der Waals surface area contributed by atoms with Crippen LogP contribution in [0.1, 0.15) is 15.2 Å². The number of H-pyrrole nitrogens is 1. The fraction of sp³-hybridized carbons (Fsp3) is 0.100. The molecule has 100 valence electrons. The molecule has 2 heterocycles. The number of carbonyl (C=O) groups excluding carboxylic acids is 1. The molecule has 0 aliphatic heterocycles. The van der Waals surface area contributed by atoms with Crippen LogP contribution in [0.3, 0.4) is 0 Å². The number of nitrogens with one attached hydrogen (secondary N) is 2. The summed E-state index contributed by atoms with van der Waals surface area (Å²) in [4.78, 5) is 12.4. The molecule has 0 atom stereocenters. The summed E-state index contributed by atoms with van der Waals surface area (Å²) in [6.07, 6.45) is 1.35.